The van der Waals surface area contributed by atoms with Gasteiger partial charge in [-0.05, 0) is 17.9 Å². The van der Waals surface area contributed by atoms with Crippen molar-refractivity contribution in [1.82, 2.24) is 0 Å². The molecule has 0 aliphatic heterocycles. The van der Waals surface area contributed by atoms with Crippen LogP contribution < -0.4 is 10.6 Å². The maximum absolute atomic E-state index is 12.4. The van der Waals surface area contributed by atoms with E-state index in [4.69, 9.17) is 5.73 Å². The third kappa shape index (κ3) is 4.10. The summed E-state index contributed by atoms with van der Waals surface area (Å²) in [5.41, 5.74) is 6.99. The van der Waals surface area contributed by atoms with Gasteiger partial charge >= 0.3 is 6.18 Å². The van der Waals surface area contributed by atoms with Gasteiger partial charge in [0.15, 0.2) is 0 Å². The second-order valence-corrected chi connectivity index (χ2v) is 5.17. The Hall–Kier alpha value is -0.880. The first-order valence-electron chi connectivity index (χ1n) is 5.61. The maximum Gasteiger partial charge on any atom is 0.405 e. The highest BCUT2D eigenvalue weighted by molar-refractivity contribution is 7.99. The number of halogens is 3. The van der Waals surface area contributed by atoms with Gasteiger partial charge in [-0.25, -0.2) is 0 Å². The van der Waals surface area contributed by atoms with Gasteiger partial charge in [0.05, 0.1) is 0 Å². The first-order chi connectivity index (χ1) is 8.39. The fourth-order valence-corrected chi connectivity index (χ4v) is 2.61. The summed E-state index contributed by atoms with van der Waals surface area (Å²) < 4.78 is 37.2. The lowest BCUT2D eigenvalue weighted by Crippen LogP contribution is -2.31. The van der Waals surface area contributed by atoms with Gasteiger partial charge in [-0.1, -0.05) is 13.0 Å². The van der Waals surface area contributed by atoms with Gasteiger partial charge < -0.3 is 10.6 Å². The lowest BCUT2D eigenvalue weighted by molar-refractivity contribution is -0.119. The van der Waals surface area contributed by atoms with E-state index in [1.54, 1.807) is 23.9 Å². The fourth-order valence-electron chi connectivity index (χ4n) is 1.76. The van der Waals surface area contributed by atoms with E-state index in [1.165, 1.54) is 11.9 Å². The molecule has 2 nitrogen and oxygen atoms in total. The smallest absolute Gasteiger partial charge is 0.365 e. The molecule has 0 unspecified atom stereocenters. The van der Waals surface area contributed by atoms with Crippen molar-refractivity contribution >= 4 is 17.4 Å². The van der Waals surface area contributed by atoms with Crippen LogP contribution >= 0.6 is 11.8 Å². The SMILES string of the molecule is CCSc1cccc(N(C)CC(F)(F)F)c1CN. The molecule has 6 heteroatoms. The average Bonchev–Trinajstić information content (AvgIpc) is 2.27. The number of nitrogens with two attached hydrogens (primary N) is 1. The zero-order chi connectivity index (χ0) is 13.8. The molecule has 1 aromatic rings. The lowest BCUT2D eigenvalue weighted by atomic mass is 10.1. The molecule has 102 valence electrons. The summed E-state index contributed by atoms with van der Waals surface area (Å²) >= 11 is 1.59. The summed E-state index contributed by atoms with van der Waals surface area (Å²) in [5.74, 6) is 0.861. The lowest BCUT2D eigenvalue weighted by Gasteiger charge is -2.24. The Morgan fingerprint density at radius 2 is 2.00 bits per heavy atom. The Morgan fingerprint density at radius 1 is 1.33 bits per heavy atom. The van der Waals surface area contributed by atoms with Crippen molar-refractivity contribution in [2.75, 3.05) is 24.2 Å². The standard InChI is InChI=1S/C12H17F3N2S/c1-3-18-11-6-4-5-10(9(11)7-16)17(2)8-12(13,14)15/h4-6H,3,7-8,16H2,1-2H3. The highest BCUT2D eigenvalue weighted by atomic mass is 32.2. The summed E-state index contributed by atoms with van der Waals surface area (Å²) in [6.07, 6.45) is -4.21. The van der Waals surface area contributed by atoms with Crippen LogP contribution in [0.25, 0.3) is 0 Å². The van der Waals surface area contributed by atoms with Crippen LogP contribution in [0.2, 0.25) is 0 Å². The number of anilines is 1. The first-order valence-corrected chi connectivity index (χ1v) is 6.60. The zero-order valence-corrected chi connectivity index (χ0v) is 11.2. The number of rotatable bonds is 5. The molecular weight excluding hydrogens is 261 g/mol. The average molecular weight is 278 g/mol. The normalized spacial score (nSPS) is 11.7. The predicted octanol–water partition coefficient (Wildman–Crippen LogP) is 3.26. The van der Waals surface area contributed by atoms with Gasteiger partial charge in [-0.3, -0.25) is 0 Å². The van der Waals surface area contributed by atoms with Crippen molar-refractivity contribution in [2.24, 2.45) is 5.73 Å². The third-order valence-corrected chi connectivity index (χ3v) is 3.42. The summed E-state index contributed by atoms with van der Waals surface area (Å²) in [6.45, 7) is 1.26. The monoisotopic (exact) mass is 278 g/mol. The van der Waals surface area contributed by atoms with Crippen LogP contribution in [0.15, 0.2) is 23.1 Å². The number of benzene rings is 1. The molecule has 0 atom stereocenters. The van der Waals surface area contributed by atoms with E-state index in [2.05, 4.69) is 0 Å². The molecule has 0 saturated heterocycles. The molecule has 0 aromatic heterocycles. The number of thioether (sulfide) groups is 1. The van der Waals surface area contributed by atoms with Gasteiger partial charge in [0, 0.05) is 29.7 Å². The Morgan fingerprint density at radius 3 is 2.50 bits per heavy atom. The number of hydrogen-bond acceptors (Lipinski definition) is 3. The van der Waals surface area contributed by atoms with Gasteiger partial charge in [0.1, 0.15) is 6.54 Å². The zero-order valence-electron chi connectivity index (χ0n) is 10.4. The van der Waals surface area contributed by atoms with Crippen molar-refractivity contribution in [1.29, 1.82) is 0 Å². The molecular formula is C12H17F3N2S. The molecule has 0 heterocycles. The summed E-state index contributed by atoms with van der Waals surface area (Å²) in [4.78, 5) is 2.15. The second kappa shape index (κ2) is 6.33. The number of alkyl halides is 3. The molecule has 1 aromatic carbocycles. The summed E-state index contributed by atoms with van der Waals surface area (Å²) in [7, 11) is 1.43. The molecule has 1 rings (SSSR count). The van der Waals surface area contributed by atoms with E-state index in [0.717, 1.165) is 16.2 Å². The minimum absolute atomic E-state index is 0.237. The van der Waals surface area contributed by atoms with Crippen molar-refractivity contribution < 1.29 is 13.2 Å². The molecule has 0 spiro atoms. The molecule has 0 bridgehead atoms. The molecule has 0 fully saturated rings. The van der Waals surface area contributed by atoms with Crippen LogP contribution in [0.3, 0.4) is 0 Å². The second-order valence-electron chi connectivity index (χ2n) is 3.86. The van der Waals surface area contributed by atoms with E-state index in [9.17, 15) is 13.2 Å². The Kier molecular flexibility index (Phi) is 5.34. The number of hydrogen-bond donors (Lipinski definition) is 1. The van der Waals surface area contributed by atoms with Gasteiger partial charge in [-0.2, -0.15) is 13.2 Å². The van der Waals surface area contributed by atoms with Crippen LogP contribution in [0, 0.1) is 0 Å². The maximum atomic E-state index is 12.4. The number of nitrogens with zero attached hydrogens (tertiary/aromatic N) is 1. The molecule has 0 radical (unpaired) electrons. The van der Waals surface area contributed by atoms with Gasteiger partial charge in [-0.15, -0.1) is 11.8 Å². The Bertz CT molecular complexity index is 393. The minimum atomic E-state index is -4.21. The predicted molar refractivity (Wildman–Crippen MR) is 70.1 cm³/mol. The van der Waals surface area contributed by atoms with Gasteiger partial charge in [0.25, 0.3) is 0 Å². The fraction of sp³-hybridized carbons (Fsp3) is 0.500. The summed E-state index contributed by atoms with van der Waals surface area (Å²) in [6, 6.07) is 5.33. The quantitative estimate of drug-likeness (QED) is 0.838. The van der Waals surface area contributed by atoms with Crippen LogP contribution in [0.1, 0.15) is 12.5 Å². The Labute approximate surface area is 109 Å². The summed E-state index contributed by atoms with van der Waals surface area (Å²) in [5, 5.41) is 0. The van der Waals surface area contributed by atoms with E-state index in [1.807, 2.05) is 13.0 Å². The third-order valence-electron chi connectivity index (χ3n) is 2.44. The Balaban J connectivity index is 3.04. The van der Waals surface area contributed by atoms with Crippen LogP contribution in [0.4, 0.5) is 18.9 Å². The molecule has 18 heavy (non-hydrogen) atoms. The van der Waals surface area contributed by atoms with Crippen LogP contribution in [-0.2, 0) is 6.54 Å². The highest BCUT2D eigenvalue weighted by Crippen LogP contribution is 2.31. The van der Waals surface area contributed by atoms with Gasteiger partial charge in [0.2, 0.25) is 0 Å². The largest absolute Gasteiger partial charge is 0.405 e. The molecule has 2 N–H and O–H groups in total. The van der Waals surface area contributed by atoms with Crippen LogP contribution in [-0.4, -0.2) is 25.5 Å². The van der Waals surface area contributed by atoms with Crippen LogP contribution in [0.5, 0.6) is 0 Å². The molecule has 0 aliphatic carbocycles. The van der Waals surface area contributed by atoms with Crippen molar-refractivity contribution in [2.45, 2.75) is 24.5 Å². The first kappa shape index (κ1) is 15.2. The van der Waals surface area contributed by atoms with E-state index >= 15 is 0 Å². The van der Waals surface area contributed by atoms with E-state index in [0.29, 0.717) is 5.69 Å². The van der Waals surface area contributed by atoms with E-state index < -0.39 is 12.7 Å². The van der Waals surface area contributed by atoms with Crippen molar-refractivity contribution in [3.8, 4) is 0 Å². The van der Waals surface area contributed by atoms with E-state index in [-0.39, 0.29) is 6.54 Å². The van der Waals surface area contributed by atoms with Crippen molar-refractivity contribution in [3.05, 3.63) is 23.8 Å². The molecule has 0 aliphatic rings. The molecule has 0 saturated carbocycles. The highest BCUT2D eigenvalue weighted by Gasteiger charge is 2.30. The topological polar surface area (TPSA) is 29.3 Å². The van der Waals surface area contributed by atoms with Crippen molar-refractivity contribution in [3.63, 3.8) is 0 Å². The molecule has 0 amide bonds. The minimum Gasteiger partial charge on any atom is -0.365 e.